The van der Waals surface area contributed by atoms with Gasteiger partial charge in [0, 0.05) is 11.6 Å². The summed E-state index contributed by atoms with van der Waals surface area (Å²) in [5.41, 5.74) is 0.892. The number of hydrogen-bond acceptors (Lipinski definition) is 2. The normalized spacial score (nSPS) is 10.7. The lowest BCUT2D eigenvalue weighted by molar-refractivity contribution is 0.439. The molecule has 21 heavy (non-hydrogen) atoms. The van der Waals surface area contributed by atoms with E-state index in [1.807, 2.05) is 6.07 Å². The van der Waals surface area contributed by atoms with Crippen LogP contribution in [0.25, 0.3) is 0 Å². The van der Waals surface area contributed by atoms with Gasteiger partial charge >= 0.3 is 0 Å². The number of benzene rings is 2. The molecule has 0 spiro atoms. The minimum absolute atomic E-state index is 0.192. The Labute approximate surface area is 137 Å². The number of rotatable bonds is 6. The molecule has 0 radical (unpaired) electrons. The van der Waals surface area contributed by atoms with E-state index in [-0.39, 0.29) is 11.6 Å². The molecule has 0 unspecified atom stereocenters. The van der Waals surface area contributed by atoms with Crippen LogP contribution >= 0.6 is 27.5 Å². The standard InChI is InChI=1S/C16H16BrClFNO/c1-2-7-20-10-11-3-5-16(14(19)8-11)21-15-6-4-12(18)9-13(15)17/h3-6,8-9,20H,2,7,10H2,1H3. The molecule has 2 aromatic rings. The fourth-order valence-electron chi connectivity index (χ4n) is 1.82. The molecule has 0 atom stereocenters. The van der Waals surface area contributed by atoms with E-state index in [9.17, 15) is 4.39 Å². The third-order valence-electron chi connectivity index (χ3n) is 2.87. The first-order valence-corrected chi connectivity index (χ1v) is 7.89. The molecule has 2 aromatic carbocycles. The van der Waals surface area contributed by atoms with Gasteiger partial charge in [0.25, 0.3) is 0 Å². The third kappa shape index (κ3) is 4.70. The average Bonchev–Trinajstić information content (AvgIpc) is 2.44. The molecule has 0 bridgehead atoms. The maximum Gasteiger partial charge on any atom is 0.166 e. The molecule has 0 aliphatic carbocycles. The van der Waals surface area contributed by atoms with Crippen molar-refractivity contribution in [2.45, 2.75) is 19.9 Å². The summed E-state index contributed by atoms with van der Waals surface area (Å²) in [5.74, 6) is 0.333. The van der Waals surface area contributed by atoms with E-state index in [0.29, 0.717) is 21.8 Å². The van der Waals surface area contributed by atoms with Crippen molar-refractivity contribution in [1.82, 2.24) is 5.32 Å². The predicted molar refractivity (Wildman–Crippen MR) is 87.6 cm³/mol. The van der Waals surface area contributed by atoms with Crippen molar-refractivity contribution in [2.75, 3.05) is 6.54 Å². The van der Waals surface area contributed by atoms with Crippen molar-refractivity contribution in [2.24, 2.45) is 0 Å². The van der Waals surface area contributed by atoms with Crippen LogP contribution < -0.4 is 10.1 Å². The number of halogens is 3. The third-order valence-corrected chi connectivity index (χ3v) is 3.72. The first-order chi connectivity index (χ1) is 10.1. The van der Waals surface area contributed by atoms with Gasteiger partial charge in [-0.15, -0.1) is 0 Å². The summed E-state index contributed by atoms with van der Waals surface area (Å²) in [6, 6.07) is 10.1. The molecular weight excluding hydrogens is 357 g/mol. The minimum atomic E-state index is -0.382. The molecule has 2 nitrogen and oxygen atoms in total. The van der Waals surface area contributed by atoms with Crippen LogP contribution in [-0.4, -0.2) is 6.54 Å². The van der Waals surface area contributed by atoms with Crippen LogP contribution in [0.5, 0.6) is 11.5 Å². The summed E-state index contributed by atoms with van der Waals surface area (Å²) < 4.78 is 20.3. The number of nitrogens with one attached hydrogen (secondary N) is 1. The lowest BCUT2D eigenvalue weighted by Gasteiger charge is -2.10. The van der Waals surface area contributed by atoms with Crippen LogP contribution in [0.1, 0.15) is 18.9 Å². The van der Waals surface area contributed by atoms with Gasteiger partial charge in [-0.1, -0.05) is 24.6 Å². The smallest absolute Gasteiger partial charge is 0.166 e. The lowest BCUT2D eigenvalue weighted by Crippen LogP contribution is -2.13. The van der Waals surface area contributed by atoms with Crippen molar-refractivity contribution in [3.63, 3.8) is 0 Å². The average molecular weight is 373 g/mol. The lowest BCUT2D eigenvalue weighted by atomic mass is 10.2. The highest BCUT2D eigenvalue weighted by molar-refractivity contribution is 9.10. The SMILES string of the molecule is CCCNCc1ccc(Oc2ccc(Cl)cc2Br)c(F)c1. The molecule has 0 saturated heterocycles. The summed E-state index contributed by atoms with van der Waals surface area (Å²) in [6.45, 7) is 3.65. The van der Waals surface area contributed by atoms with Gasteiger partial charge in [-0.05, 0) is 64.8 Å². The molecule has 5 heteroatoms. The second-order valence-corrected chi connectivity index (χ2v) is 5.91. The van der Waals surface area contributed by atoms with E-state index in [0.717, 1.165) is 18.5 Å². The van der Waals surface area contributed by atoms with Gasteiger partial charge in [0.05, 0.1) is 4.47 Å². The first kappa shape index (κ1) is 16.3. The molecule has 0 saturated carbocycles. The Morgan fingerprint density at radius 3 is 2.62 bits per heavy atom. The van der Waals surface area contributed by atoms with Crippen LogP contribution in [0.15, 0.2) is 40.9 Å². The molecule has 0 aromatic heterocycles. The van der Waals surface area contributed by atoms with E-state index in [1.165, 1.54) is 6.07 Å². The molecule has 0 amide bonds. The van der Waals surface area contributed by atoms with Gasteiger partial charge in [-0.3, -0.25) is 0 Å². The van der Waals surface area contributed by atoms with E-state index < -0.39 is 0 Å². The Morgan fingerprint density at radius 2 is 1.95 bits per heavy atom. The van der Waals surface area contributed by atoms with Gasteiger partial charge in [-0.25, -0.2) is 4.39 Å². The Balaban J connectivity index is 2.10. The van der Waals surface area contributed by atoms with E-state index in [4.69, 9.17) is 16.3 Å². The van der Waals surface area contributed by atoms with Crippen LogP contribution in [0.3, 0.4) is 0 Å². The molecule has 1 N–H and O–H groups in total. The fraction of sp³-hybridized carbons (Fsp3) is 0.250. The summed E-state index contributed by atoms with van der Waals surface area (Å²) in [7, 11) is 0. The van der Waals surface area contributed by atoms with Crippen LogP contribution in [0.4, 0.5) is 4.39 Å². The van der Waals surface area contributed by atoms with Gasteiger partial charge in [0.2, 0.25) is 0 Å². The topological polar surface area (TPSA) is 21.3 Å². The molecule has 112 valence electrons. The highest BCUT2D eigenvalue weighted by Crippen LogP contribution is 2.33. The Hall–Kier alpha value is -1.10. The van der Waals surface area contributed by atoms with E-state index in [1.54, 1.807) is 24.3 Å². The second-order valence-electron chi connectivity index (χ2n) is 4.62. The maximum atomic E-state index is 14.1. The van der Waals surface area contributed by atoms with Gasteiger partial charge in [0.1, 0.15) is 5.75 Å². The molecule has 0 fully saturated rings. The monoisotopic (exact) mass is 371 g/mol. The van der Waals surface area contributed by atoms with Crippen molar-refractivity contribution in [3.8, 4) is 11.5 Å². The van der Waals surface area contributed by atoms with Crippen molar-refractivity contribution in [1.29, 1.82) is 0 Å². The van der Waals surface area contributed by atoms with Crippen LogP contribution in [0.2, 0.25) is 5.02 Å². The Bertz CT molecular complexity index is 621. The summed E-state index contributed by atoms with van der Waals surface area (Å²) in [5, 5.41) is 3.82. The summed E-state index contributed by atoms with van der Waals surface area (Å²) in [6.07, 6.45) is 1.05. The minimum Gasteiger partial charge on any atom is -0.453 e. The van der Waals surface area contributed by atoms with E-state index in [2.05, 4.69) is 28.2 Å². The second kappa shape index (κ2) is 7.78. The summed E-state index contributed by atoms with van der Waals surface area (Å²) >= 11 is 9.21. The van der Waals surface area contributed by atoms with Crippen molar-refractivity contribution >= 4 is 27.5 Å². The summed E-state index contributed by atoms with van der Waals surface area (Å²) in [4.78, 5) is 0. The maximum absolute atomic E-state index is 14.1. The molecular formula is C16H16BrClFNO. The largest absolute Gasteiger partial charge is 0.453 e. The zero-order valence-corrected chi connectivity index (χ0v) is 14.0. The first-order valence-electron chi connectivity index (χ1n) is 6.72. The molecule has 0 aliphatic rings. The van der Waals surface area contributed by atoms with Gasteiger partial charge in [0.15, 0.2) is 11.6 Å². The fourth-order valence-corrected chi connectivity index (χ4v) is 2.59. The van der Waals surface area contributed by atoms with E-state index >= 15 is 0 Å². The van der Waals surface area contributed by atoms with Crippen LogP contribution in [-0.2, 0) is 6.54 Å². The predicted octanol–water partition coefficient (Wildman–Crippen LogP) is 5.53. The molecule has 2 rings (SSSR count). The quantitative estimate of drug-likeness (QED) is 0.673. The zero-order valence-electron chi connectivity index (χ0n) is 11.6. The van der Waals surface area contributed by atoms with Crippen molar-refractivity contribution < 1.29 is 9.13 Å². The zero-order chi connectivity index (χ0) is 15.2. The Morgan fingerprint density at radius 1 is 1.19 bits per heavy atom. The Kier molecular flexibility index (Phi) is 6.03. The highest BCUT2D eigenvalue weighted by Gasteiger charge is 2.09. The van der Waals surface area contributed by atoms with Crippen LogP contribution in [0, 0.1) is 5.82 Å². The van der Waals surface area contributed by atoms with Gasteiger partial charge in [-0.2, -0.15) is 0 Å². The highest BCUT2D eigenvalue weighted by atomic mass is 79.9. The van der Waals surface area contributed by atoms with Crippen molar-refractivity contribution in [3.05, 3.63) is 57.3 Å². The molecule has 0 heterocycles. The molecule has 0 aliphatic heterocycles. The number of hydrogen-bond donors (Lipinski definition) is 1. The van der Waals surface area contributed by atoms with Gasteiger partial charge < -0.3 is 10.1 Å². The number of ether oxygens (including phenoxy) is 1.